The molecule has 4 rings (SSSR count). The minimum absolute atomic E-state index is 0.0162. The molecular formula is C24H24ClN4O4+. The maximum absolute atomic E-state index is 13.1. The number of aromatic nitrogens is 3. The van der Waals surface area contributed by atoms with E-state index in [0.29, 0.717) is 48.0 Å². The Balaban J connectivity index is 1.71. The lowest BCUT2D eigenvalue weighted by Crippen LogP contribution is -2.36. The van der Waals surface area contributed by atoms with Crippen LogP contribution in [0.2, 0.25) is 5.02 Å². The van der Waals surface area contributed by atoms with E-state index >= 15 is 0 Å². The molecule has 33 heavy (non-hydrogen) atoms. The lowest BCUT2D eigenvalue weighted by molar-refractivity contribution is -0.695. The number of imidazole rings is 1. The molecule has 1 amide bonds. The summed E-state index contributed by atoms with van der Waals surface area (Å²) in [5.74, 6) is -1.20. The number of aliphatic hydroxyl groups excluding tert-OH is 1. The van der Waals surface area contributed by atoms with Gasteiger partial charge in [-0.2, -0.15) is 0 Å². The summed E-state index contributed by atoms with van der Waals surface area (Å²) in [6.45, 7) is 3.29. The van der Waals surface area contributed by atoms with Crippen molar-refractivity contribution in [1.82, 2.24) is 14.9 Å². The van der Waals surface area contributed by atoms with Crippen molar-refractivity contribution < 1.29 is 24.0 Å². The second-order valence-electron chi connectivity index (χ2n) is 7.56. The fourth-order valence-electron chi connectivity index (χ4n) is 3.95. The average molecular weight is 468 g/mol. The van der Waals surface area contributed by atoms with Crippen molar-refractivity contribution in [2.24, 2.45) is 0 Å². The monoisotopic (exact) mass is 467 g/mol. The Hall–Kier alpha value is -3.65. The molecule has 1 aliphatic rings. The molecule has 1 unspecified atom stereocenters. The Morgan fingerprint density at radius 2 is 2.18 bits per heavy atom. The number of carbonyl (C=O) groups is 2. The first kappa shape index (κ1) is 22.5. The van der Waals surface area contributed by atoms with Gasteiger partial charge in [-0.05, 0) is 36.8 Å². The van der Waals surface area contributed by atoms with Crippen molar-refractivity contribution in [2.75, 3.05) is 13.2 Å². The van der Waals surface area contributed by atoms with Gasteiger partial charge in [0.1, 0.15) is 23.9 Å². The molecule has 1 aromatic carbocycles. The Bertz CT molecular complexity index is 1180. The second-order valence-corrected chi connectivity index (χ2v) is 7.97. The number of aliphatic hydroxyl groups is 1. The zero-order valence-corrected chi connectivity index (χ0v) is 18.8. The van der Waals surface area contributed by atoms with E-state index in [9.17, 15) is 14.7 Å². The number of amides is 1. The van der Waals surface area contributed by atoms with Crippen molar-refractivity contribution in [1.29, 1.82) is 0 Å². The van der Waals surface area contributed by atoms with Crippen molar-refractivity contribution in [3.05, 3.63) is 83.2 Å². The zero-order valence-electron chi connectivity index (χ0n) is 18.1. The molecule has 170 valence electrons. The summed E-state index contributed by atoms with van der Waals surface area (Å²) in [7, 11) is 0. The predicted octanol–water partition coefficient (Wildman–Crippen LogP) is 3.26. The lowest BCUT2D eigenvalue weighted by Gasteiger charge is -2.24. The van der Waals surface area contributed by atoms with Gasteiger partial charge in [0.25, 0.3) is 11.7 Å². The summed E-state index contributed by atoms with van der Waals surface area (Å²) in [6, 6.07) is 7.54. The smallest absolute Gasteiger partial charge is 0.295 e. The Morgan fingerprint density at radius 3 is 2.85 bits per heavy atom. The molecule has 0 aliphatic carbocycles. The Morgan fingerprint density at radius 1 is 1.33 bits per heavy atom. The fourth-order valence-corrected chi connectivity index (χ4v) is 4.19. The van der Waals surface area contributed by atoms with Crippen LogP contribution in [0.15, 0.2) is 67.0 Å². The predicted molar refractivity (Wildman–Crippen MR) is 121 cm³/mol. The molecule has 1 fully saturated rings. The van der Waals surface area contributed by atoms with Gasteiger partial charge in [-0.25, -0.2) is 4.57 Å². The average Bonchev–Trinajstić information content (AvgIpc) is 3.43. The molecule has 0 saturated carbocycles. The SMILES string of the molecule is CCOc1ccc(/C(O)=C2\C(=O)C(=O)N(CCC[n+]3cc[nH]c3)C2c2cccnc2)cc1Cl. The Labute approximate surface area is 196 Å². The third-order valence-electron chi connectivity index (χ3n) is 5.46. The number of pyridine rings is 1. The van der Waals surface area contributed by atoms with Crippen LogP contribution in [0, 0.1) is 0 Å². The maximum atomic E-state index is 13.1. The molecule has 0 radical (unpaired) electrons. The highest BCUT2D eigenvalue weighted by Crippen LogP contribution is 2.40. The molecule has 1 saturated heterocycles. The number of aryl methyl sites for hydroxylation is 1. The van der Waals surface area contributed by atoms with E-state index < -0.39 is 17.7 Å². The topological polar surface area (TPSA) is 99.4 Å². The van der Waals surface area contributed by atoms with E-state index in [0.717, 1.165) is 0 Å². The van der Waals surface area contributed by atoms with Crippen LogP contribution < -0.4 is 9.30 Å². The molecule has 2 aromatic heterocycles. The number of Topliss-reactive ketones (excluding diaryl/α,β-unsaturated/α-hetero) is 1. The number of aromatic amines is 1. The minimum Gasteiger partial charge on any atom is -0.507 e. The number of ether oxygens (including phenoxy) is 1. The van der Waals surface area contributed by atoms with Gasteiger partial charge in [0.2, 0.25) is 6.33 Å². The number of benzene rings is 1. The molecule has 3 aromatic rings. The van der Waals surface area contributed by atoms with Gasteiger partial charge in [0.15, 0.2) is 0 Å². The number of likely N-dealkylation sites (tertiary alicyclic amines) is 1. The van der Waals surface area contributed by atoms with Crippen LogP contribution in [-0.4, -0.2) is 44.8 Å². The fraction of sp³-hybridized carbons (Fsp3) is 0.250. The van der Waals surface area contributed by atoms with E-state index in [1.54, 1.807) is 36.7 Å². The summed E-state index contributed by atoms with van der Waals surface area (Å²) < 4.78 is 7.40. The van der Waals surface area contributed by atoms with Gasteiger partial charge in [-0.15, -0.1) is 0 Å². The quantitative estimate of drug-likeness (QED) is 0.229. The molecule has 2 N–H and O–H groups in total. The third kappa shape index (κ3) is 4.61. The van der Waals surface area contributed by atoms with Crippen LogP contribution in [0.25, 0.3) is 5.76 Å². The number of hydrogen-bond donors (Lipinski definition) is 2. The van der Waals surface area contributed by atoms with Crippen molar-refractivity contribution >= 4 is 29.1 Å². The number of ketones is 1. The molecule has 8 nitrogen and oxygen atoms in total. The first-order valence-corrected chi connectivity index (χ1v) is 11.0. The standard InChI is InChI=1S/C24H23ClN4O4/c1-2-33-19-7-6-16(13-18(19)25)22(30)20-21(17-5-3-8-26-14-17)29(24(32)23(20)31)11-4-10-28-12-9-27-15-28/h3,5-9,12-15,21H,2,4,10-11H2,1H3,(H,30,31)/p+1. The summed E-state index contributed by atoms with van der Waals surface area (Å²) in [4.78, 5) is 34.7. The highest BCUT2D eigenvalue weighted by Gasteiger charge is 2.46. The molecule has 0 spiro atoms. The van der Waals surface area contributed by atoms with Crippen LogP contribution in [0.3, 0.4) is 0 Å². The molecular weight excluding hydrogens is 444 g/mol. The van der Waals surface area contributed by atoms with E-state index in [4.69, 9.17) is 16.3 Å². The summed E-state index contributed by atoms with van der Waals surface area (Å²) in [5, 5.41) is 11.4. The van der Waals surface area contributed by atoms with Crippen LogP contribution in [-0.2, 0) is 16.1 Å². The summed E-state index contributed by atoms with van der Waals surface area (Å²) >= 11 is 6.29. The highest BCUT2D eigenvalue weighted by molar-refractivity contribution is 6.46. The van der Waals surface area contributed by atoms with Crippen LogP contribution >= 0.6 is 11.6 Å². The normalized spacial score (nSPS) is 17.5. The van der Waals surface area contributed by atoms with Crippen LogP contribution in [0.4, 0.5) is 0 Å². The van der Waals surface area contributed by atoms with Gasteiger partial charge in [0.05, 0.1) is 29.8 Å². The number of nitrogens with one attached hydrogen (secondary N) is 1. The van der Waals surface area contributed by atoms with E-state index in [1.807, 2.05) is 30.2 Å². The first-order valence-electron chi connectivity index (χ1n) is 10.6. The van der Waals surface area contributed by atoms with Gasteiger partial charge in [-0.3, -0.25) is 19.6 Å². The minimum atomic E-state index is -0.750. The summed E-state index contributed by atoms with van der Waals surface area (Å²) in [6.07, 6.45) is 9.36. The van der Waals surface area contributed by atoms with Gasteiger partial charge in [0, 0.05) is 30.9 Å². The third-order valence-corrected chi connectivity index (χ3v) is 5.76. The number of H-pyrrole nitrogens is 1. The molecule has 9 heteroatoms. The van der Waals surface area contributed by atoms with E-state index in [-0.39, 0.29) is 11.3 Å². The molecule has 0 bridgehead atoms. The van der Waals surface area contributed by atoms with Crippen molar-refractivity contribution in [2.45, 2.75) is 25.9 Å². The van der Waals surface area contributed by atoms with Crippen LogP contribution in [0.1, 0.15) is 30.5 Å². The molecule has 1 aliphatic heterocycles. The highest BCUT2D eigenvalue weighted by atomic mass is 35.5. The van der Waals surface area contributed by atoms with Gasteiger partial charge < -0.3 is 14.7 Å². The zero-order chi connectivity index (χ0) is 23.4. The summed E-state index contributed by atoms with van der Waals surface area (Å²) in [5.41, 5.74) is 0.991. The molecule has 3 heterocycles. The van der Waals surface area contributed by atoms with E-state index in [2.05, 4.69) is 9.97 Å². The number of rotatable bonds is 8. The Kier molecular flexibility index (Phi) is 6.74. The van der Waals surface area contributed by atoms with E-state index in [1.165, 1.54) is 11.0 Å². The number of hydrogen-bond acceptors (Lipinski definition) is 5. The lowest BCUT2D eigenvalue weighted by atomic mass is 9.96. The first-order chi connectivity index (χ1) is 16.0. The maximum Gasteiger partial charge on any atom is 0.295 e. The van der Waals surface area contributed by atoms with Crippen molar-refractivity contribution in [3.63, 3.8) is 0 Å². The van der Waals surface area contributed by atoms with Gasteiger partial charge >= 0.3 is 0 Å². The number of carbonyl (C=O) groups excluding carboxylic acids is 2. The number of nitrogens with zero attached hydrogens (tertiary/aromatic N) is 3. The van der Waals surface area contributed by atoms with Gasteiger partial charge in [-0.1, -0.05) is 17.7 Å². The molecule has 1 atom stereocenters. The van der Waals surface area contributed by atoms with Crippen LogP contribution in [0.5, 0.6) is 5.75 Å². The number of halogens is 1. The second kappa shape index (κ2) is 9.87. The van der Waals surface area contributed by atoms with Crippen molar-refractivity contribution in [3.8, 4) is 5.75 Å². The largest absolute Gasteiger partial charge is 0.507 e.